The van der Waals surface area contributed by atoms with Crippen molar-refractivity contribution in [1.82, 2.24) is 0 Å². The first-order valence-electron chi connectivity index (χ1n) is 7.84. The highest BCUT2D eigenvalue weighted by Gasteiger charge is 2.15. The van der Waals surface area contributed by atoms with Crippen LogP contribution in [-0.4, -0.2) is 14.6 Å². The van der Waals surface area contributed by atoms with Gasteiger partial charge in [0.2, 0.25) is 0 Å². The zero-order chi connectivity index (χ0) is 18.6. The smallest absolute Gasteiger partial charge is 0.339 e. The molecule has 6 heteroatoms. The summed E-state index contributed by atoms with van der Waals surface area (Å²) in [6, 6.07) is 20.2. The average molecular weight is 386 g/mol. The number of nitrogens with zero attached hydrogens (tertiary/aromatic N) is 1. The lowest BCUT2D eigenvalue weighted by Gasteiger charge is -2.07. The van der Waals surface area contributed by atoms with E-state index >= 15 is 0 Å². The number of benzene rings is 3. The molecule has 0 unspecified atom stereocenters. The molecule has 3 rings (SSSR count). The number of hydrogen-bond acceptors (Lipinski definition) is 4. The monoisotopic (exact) mass is 385 g/mol. The van der Waals surface area contributed by atoms with Crippen molar-refractivity contribution in [3.05, 3.63) is 88.9 Å². The largest absolute Gasteiger partial charge is 0.379 e. The summed E-state index contributed by atoms with van der Waals surface area (Å²) in [6.07, 6.45) is 1.63. The topological polar surface area (TPSA) is 55.7 Å². The van der Waals surface area contributed by atoms with E-state index in [1.807, 2.05) is 19.1 Å². The molecule has 0 fully saturated rings. The standard InChI is InChI=1S/C20H16ClNO3S/c1-15-10-11-17(13-20(15)21)22-14-16-6-5-7-18(12-16)25-26(23,24)19-8-3-2-4-9-19/h2-14H,1H3. The molecule has 3 aromatic carbocycles. The van der Waals surface area contributed by atoms with Crippen molar-refractivity contribution in [2.45, 2.75) is 11.8 Å². The summed E-state index contributed by atoms with van der Waals surface area (Å²) in [5, 5.41) is 0.644. The summed E-state index contributed by atoms with van der Waals surface area (Å²) in [6.45, 7) is 1.92. The third-order valence-electron chi connectivity index (χ3n) is 3.61. The molecule has 0 amide bonds. The van der Waals surface area contributed by atoms with Crippen molar-refractivity contribution in [3.8, 4) is 5.75 Å². The normalized spacial score (nSPS) is 11.6. The molecule has 0 aliphatic rings. The van der Waals surface area contributed by atoms with Crippen LogP contribution in [0.15, 0.2) is 82.7 Å². The maximum Gasteiger partial charge on any atom is 0.339 e. The first-order valence-corrected chi connectivity index (χ1v) is 9.62. The lowest BCUT2D eigenvalue weighted by molar-refractivity contribution is 0.486. The van der Waals surface area contributed by atoms with Crippen LogP contribution >= 0.6 is 11.6 Å². The van der Waals surface area contributed by atoms with Gasteiger partial charge in [-0.05, 0) is 54.4 Å². The van der Waals surface area contributed by atoms with E-state index in [0.29, 0.717) is 16.3 Å². The van der Waals surface area contributed by atoms with Crippen molar-refractivity contribution < 1.29 is 12.6 Å². The van der Waals surface area contributed by atoms with Gasteiger partial charge in [0.25, 0.3) is 0 Å². The minimum absolute atomic E-state index is 0.105. The van der Waals surface area contributed by atoms with Gasteiger partial charge in [-0.3, -0.25) is 4.99 Å². The number of hydrogen-bond donors (Lipinski definition) is 0. The summed E-state index contributed by atoms with van der Waals surface area (Å²) < 4.78 is 29.8. The molecule has 0 saturated carbocycles. The van der Waals surface area contributed by atoms with Gasteiger partial charge in [0.15, 0.2) is 0 Å². The van der Waals surface area contributed by atoms with Gasteiger partial charge in [-0.2, -0.15) is 8.42 Å². The summed E-state index contributed by atoms with van der Waals surface area (Å²) in [5.41, 5.74) is 2.40. The molecule has 0 aromatic heterocycles. The molecular weight excluding hydrogens is 370 g/mol. The Kier molecular flexibility index (Phi) is 5.40. The van der Waals surface area contributed by atoms with E-state index in [1.165, 1.54) is 12.1 Å². The van der Waals surface area contributed by atoms with Gasteiger partial charge in [-0.25, -0.2) is 0 Å². The molecule has 0 bridgehead atoms. The fourth-order valence-electron chi connectivity index (χ4n) is 2.22. The zero-order valence-corrected chi connectivity index (χ0v) is 15.5. The van der Waals surface area contributed by atoms with Crippen LogP contribution in [0.4, 0.5) is 5.69 Å². The Hall–Kier alpha value is -2.63. The molecule has 0 radical (unpaired) electrons. The second-order valence-electron chi connectivity index (χ2n) is 5.61. The van der Waals surface area contributed by atoms with E-state index in [4.69, 9.17) is 15.8 Å². The summed E-state index contributed by atoms with van der Waals surface area (Å²) in [7, 11) is -3.87. The third-order valence-corrected chi connectivity index (χ3v) is 5.28. The summed E-state index contributed by atoms with van der Waals surface area (Å²) >= 11 is 6.09. The highest BCUT2D eigenvalue weighted by atomic mass is 35.5. The van der Waals surface area contributed by atoms with Crippen molar-refractivity contribution in [3.63, 3.8) is 0 Å². The van der Waals surface area contributed by atoms with Crippen LogP contribution in [0.1, 0.15) is 11.1 Å². The van der Waals surface area contributed by atoms with Crippen molar-refractivity contribution in [2.24, 2.45) is 4.99 Å². The van der Waals surface area contributed by atoms with Gasteiger partial charge in [0.05, 0.1) is 5.69 Å². The van der Waals surface area contributed by atoms with Crippen LogP contribution in [-0.2, 0) is 10.1 Å². The van der Waals surface area contributed by atoms with Gasteiger partial charge in [0.1, 0.15) is 10.6 Å². The molecule has 0 atom stereocenters. The van der Waals surface area contributed by atoms with Crippen LogP contribution in [0.25, 0.3) is 0 Å². The lowest BCUT2D eigenvalue weighted by Crippen LogP contribution is -2.09. The summed E-state index contributed by atoms with van der Waals surface area (Å²) in [4.78, 5) is 4.46. The molecule has 0 N–H and O–H groups in total. The van der Waals surface area contributed by atoms with Gasteiger partial charge in [0, 0.05) is 11.2 Å². The summed E-state index contributed by atoms with van der Waals surface area (Å²) in [5.74, 6) is 0.222. The van der Waals surface area contributed by atoms with Crippen LogP contribution in [0.3, 0.4) is 0 Å². The van der Waals surface area contributed by atoms with Crippen molar-refractivity contribution in [1.29, 1.82) is 0 Å². The highest BCUT2D eigenvalue weighted by molar-refractivity contribution is 7.87. The van der Waals surface area contributed by atoms with Gasteiger partial charge in [-0.1, -0.05) is 48.0 Å². The Bertz CT molecular complexity index is 1050. The molecule has 4 nitrogen and oxygen atoms in total. The average Bonchev–Trinajstić information content (AvgIpc) is 2.63. The number of aryl methyl sites for hydroxylation is 1. The Morgan fingerprint density at radius 2 is 1.73 bits per heavy atom. The lowest BCUT2D eigenvalue weighted by atomic mass is 10.2. The molecule has 0 aliphatic carbocycles. The Labute approximate surface area is 157 Å². The van der Waals surface area contributed by atoms with Crippen LogP contribution in [0.5, 0.6) is 5.75 Å². The maximum absolute atomic E-state index is 12.3. The predicted molar refractivity (Wildman–Crippen MR) is 104 cm³/mol. The fourth-order valence-corrected chi connectivity index (χ4v) is 3.34. The third kappa shape index (κ3) is 4.50. The minimum atomic E-state index is -3.87. The fraction of sp³-hybridized carbons (Fsp3) is 0.0500. The highest BCUT2D eigenvalue weighted by Crippen LogP contribution is 2.23. The molecule has 0 spiro atoms. The number of rotatable bonds is 5. The van der Waals surface area contributed by atoms with Gasteiger partial charge < -0.3 is 4.18 Å². The van der Waals surface area contributed by atoms with Crippen LogP contribution in [0, 0.1) is 6.92 Å². The molecule has 26 heavy (non-hydrogen) atoms. The van der Waals surface area contributed by atoms with Crippen molar-refractivity contribution >= 4 is 33.6 Å². The number of halogens is 1. The predicted octanol–water partition coefficient (Wildman–Crippen LogP) is 5.17. The molecule has 0 aliphatic heterocycles. The molecule has 0 saturated heterocycles. The first kappa shape index (κ1) is 18.2. The van der Waals surface area contributed by atoms with E-state index in [2.05, 4.69) is 4.99 Å². The number of aliphatic imine (C=N–C) groups is 1. The Morgan fingerprint density at radius 3 is 2.46 bits per heavy atom. The molecule has 132 valence electrons. The van der Waals surface area contributed by atoms with Crippen LogP contribution in [0.2, 0.25) is 5.02 Å². The van der Waals surface area contributed by atoms with E-state index in [9.17, 15) is 8.42 Å². The SMILES string of the molecule is Cc1ccc(N=Cc2cccc(OS(=O)(=O)c3ccccc3)c2)cc1Cl. The van der Waals surface area contributed by atoms with Gasteiger partial charge >= 0.3 is 10.1 Å². The second-order valence-corrected chi connectivity index (χ2v) is 7.57. The van der Waals surface area contributed by atoms with E-state index < -0.39 is 10.1 Å². The Balaban J connectivity index is 1.80. The zero-order valence-electron chi connectivity index (χ0n) is 14.0. The van der Waals surface area contributed by atoms with Crippen LogP contribution < -0.4 is 4.18 Å². The van der Waals surface area contributed by atoms with E-state index in [0.717, 1.165) is 5.56 Å². The molecule has 0 heterocycles. The molecular formula is C20H16ClNO3S. The quantitative estimate of drug-likeness (QED) is 0.450. The maximum atomic E-state index is 12.3. The van der Waals surface area contributed by atoms with E-state index in [-0.39, 0.29) is 10.6 Å². The second kappa shape index (κ2) is 7.72. The minimum Gasteiger partial charge on any atom is -0.379 e. The van der Waals surface area contributed by atoms with Gasteiger partial charge in [-0.15, -0.1) is 0 Å². The van der Waals surface area contributed by atoms with E-state index in [1.54, 1.807) is 54.7 Å². The first-order chi connectivity index (χ1) is 12.4. The molecule has 3 aromatic rings. The van der Waals surface area contributed by atoms with Crippen molar-refractivity contribution in [2.75, 3.05) is 0 Å². The Morgan fingerprint density at radius 1 is 0.962 bits per heavy atom.